The normalized spacial score (nSPS) is 20.3. The molecule has 0 aliphatic heterocycles. The number of halogens is 2. The van der Waals surface area contributed by atoms with Crippen molar-refractivity contribution in [1.82, 2.24) is 9.97 Å². The molecule has 1 saturated carbocycles. The lowest BCUT2D eigenvalue weighted by molar-refractivity contribution is 0.410. The highest BCUT2D eigenvalue weighted by atomic mass is 35.5. The maximum Gasteiger partial charge on any atom is 0.225 e. The Balaban J connectivity index is 0.00000132. The molecule has 3 N–H and O–H groups in total. The highest BCUT2D eigenvalue weighted by molar-refractivity contribution is 5.90. The number of anilines is 2. The number of para-hydroxylation sites is 1. The molecule has 0 radical (unpaired) electrons. The predicted molar refractivity (Wildman–Crippen MR) is 102 cm³/mol. The second-order valence-corrected chi connectivity index (χ2v) is 6.04. The van der Waals surface area contributed by atoms with E-state index < -0.39 is 0 Å². The van der Waals surface area contributed by atoms with Crippen molar-refractivity contribution >= 4 is 47.5 Å². The first-order valence-electron chi connectivity index (χ1n) is 7.59. The number of nitrogens with one attached hydrogen (secondary N) is 1. The van der Waals surface area contributed by atoms with E-state index in [0.29, 0.717) is 12.1 Å². The van der Waals surface area contributed by atoms with Gasteiger partial charge in [-0.1, -0.05) is 12.1 Å². The molecule has 0 bridgehead atoms. The summed E-state index contributed by atoms with van der Waals surface area (Å²) in [5.74, 6) is 1.67. The van der Waals surface area contributed by atoms with Crippen LogP contribution in [0.4, 0.5) is 11.8 Å². The molecule has 0 saturated heterocycles. The summed E-state index contributed by atoms with van der Waals surface area (Å²) in [6.07, 6.45) is 4.33. The van der Waals surface area contributed by atoms with Crippen molar-refractivity contribution in [3.8, 4) is 0 Å². The molecule has 3 rings (SSSR count). The Hall–Kier alpha value is -1.30. The fourth-order valence-electron chi connectivity index (χ4n) is 2.91. The SMILES string of the molecule is CN(C)c1nc(NC2CCC(N)CC2)nc2ccccc12.Cl.Cl. The standard InChI is InChI=1S/C16H23N5.2ClH/c1-21(2)15-13-5-3-4-6-14(13)19-16(20-15)18-12-9-7-11(17)8-10-12;;/h3-6,11-12H,7-10,17H2,1-2H3,(H,18,19,20);2*1H. The van der Waals surface area contributed by atoms with Gasteiger partial charge in [0.25, 0.3) is 0 Å². The quantitative estimate of drug-likeness (QED) is 0.882. The van der Waals surface area contributed by atoms with Crippen molar-refractivity contribution < 1.29 is 0 Å². The van der Waals surface area contributed by atoms with Gasteiger partial charge in [-0.25, -0.2) is 4.98 Å². The summed E-state index contributed by atoms with van der Waals surface area (Å²) in [4.78, 5) is 11.4. The van der Waals surface area contributed by atoms with Gasteiger partial charge < -0.3 is 16.0 Å². The zero-order chi connectivity index (χ0) is 14.8. The predicted octanol–water partition coefficient (Wildman–Crippen LogP) is 3.22. The first kappa shape index (κ1) is 19.7. The molecular weight excluding hydrogens is 333 g/mol. The zero-order valence-electron chi connectivity index (χ0n) is 13.5. The van der Waals surface area contributed by atoms with Crippen LogP contribution < -0.4 is 16.0 Å². The Labute approximate surface area is 149 Å². The van der Waals surface area contributed by atoms with E-state index in [2.05, 4.69) is 21.4 Å². The summed E-state index contributed by atoms with van der Waals surface area (Å²) in [7, 11) is 4.02. The molecule has 5 nitrogen and oxygen atoms in total. The fraction of sp³-hybridized carbons (Fsp3) is 0.500. The molecule has 23 heavy (non-hydrogen) atoms. The van der Waals surface area contributed by atoms with Crippen LogP contribution in [0, 0.1) is 0 Å². The molecule has 0 unspecified atom stereocenters. The molecule has 1 aliphatic carbocycles. The van der Waals surface area contributed by atoms with E-state index in [1.54, 1.807) is 0 Å². The minimum atomic E-state index is 0. The van der Waals surface area contributed by atoms with E-state index in [-0.39, 0.29) is 24.8 Å². The third kappa shape index (κ3) is 4.59. The first-order chi connectivity index (χ1) is 10.1. The molecular formula is C16H25Cl2N5. The lowest BCUT2D eigenvalue weighted by Crippen LogP contribution is -2.33. The van der Waals surface area contributed by atoms with Crippen LogP contribution >= 0.6 is 24.8 Å². The second-order valence-electron chi connectivity index (χ2n) is 6.04. The van der Waals surface area contributed by atoms with E-state index in [1.807, 2.05) is 37.2 Å². The van der Waals surface area contributed by atoms with E-state index in [4.69, 9.17) is 5.73 Å². The van der Waals surface area contributed by atoms with Crippen molar-refractivity contribution in [2.75, 3.05) is 24.3 Å². The van der Waals surface area contributed by atoms with Crippen molar-refractivity contribution in [2.45, 2.75) is 37.8 Å². The number of fused-ring (bicyclic) bond motifs is 1. The van der Waals surface area contributed by atoms with Gasteiger partial charge in [0.05, 0.1) is 5.52 Å². The first-order valence-corrected chi connectivity index (χ1v) is 7.59. The highest BCUT2D eigenvalue weighted by Gasteiger charge is 2.19. The average Bonchev–Trinajstić information content (AvgIpc) is 2.48. The minimum absolute atomic E-state index is 0. The topological polar surface area (TPSA) is 67.1 Å². The monoisotopic (exact) mass is 357 g/mol. The number of benzene rings is 1. The molecule has 1 aromatic carbocycles. The van der Waals surface area contributed by atoms with E-state index in [1.165, 1.54) is 0 Å². The Morgan fingerprint density at radius 2 is 1.70 bits per heavy atom. The van der Waals surface area contributed by atoms with Crippen molar-refractivity contribution in [3.05, 3.63) is 24.3 Å². The summed E-state index contributed by atoms with van der Waals surface area (Å²) in [5, 5.41) is 4.57. The van der Waals surface area contributed by atoms with Crippen molar-refractivity contribution in [3.63, 3.8) is 0 Å². The van der Waals surface area contributed by atoms with Gasteiger partial charge in [0, 0.05) is 31.6 Å². The number of hydrogen-bond acceptors (Lipinski definition) is 5. The van der Waals surface area contributed by atoms with Crippen LogP contribution in [0.25, 0.3) is 10.9 Å². The van der Waals surface area contributed by atoms with Gasteiger partial charge in [-0.15, -0.1) is 24.8 Å². The lowest BCUT2D eigenvalue weighted by atomic mass is 9.92. The van der Waals surface area contributed by atoms with Crippen LogP contribution in [-0.2, 0) is 0 Å². The third-order valence-corrected chi connectivity index (χ3v) is 4.11. The Kier molecular flexibility index (Phi) is 7.32. The largest absolute Gasteiger partial charge is 0.362 e. The molecule has 0 spiro atoms. The van der Waals surface area contributed by atoms with E-state index in [0.717, 1.165) is 48.4 Å². The number of aromatic nitrogens is 2. The molecule has 1 fully saturated rings. The minimum Gasteiger partial charge on any atom is -0.362 e. The summed E-state index contributed by atoms with van der Waals surface area (Å²) in [6, 6.07) is 8.92. The summed E-state index contributed by atoms with van der Waals surface area (Å²) >= 11 is 0. The summed E-state index contributed by atoms with van der Waals surface area (Å²) in [5.41, 5.74) is 6.94. The van der Waals surface area contributed by atoms with Crippen LogP contribution in [0.2, 0.25) is 0 Å². The Bertz CT molecular complexity index is 627. The van der Waals surface area contributed by atoms with Gasteiger partial charge >= 0.3 is 0 Å². The van der Waals surface area contributed by atoms with Gasteiger partial charge in [-0.2, -0.15) is 4.98 Å². The van der Waals surface area contributed by atoms with Crippen molar-refractivity contribution in [1.29, 1.82) is 0 Å². The third-order valence-electron chi connectivity index (χ3n) is 4.11. The highest BCUT2D eigenvalue weighted by Crippen LogP contribution is 2.25. The zero-order valence-corrected chi connectivity index (χ0v) is 15.2. The summed E-state index contributed by atoms with van der Waals surface area (Å²) in [6.45, 7) is 0. The lowest BCUT2D eigenvalue weighted by Gasteiger charge is -2.27. The Morgan fingerprint density at radius 1 is 1.04 bits per heavy atom. The van der Waals surface area contributed by atoms with Gasteiger partial charge in [-0.05, 0) is 37.8 Å². The van der Waals surface area contributed by atoms with Gasteiger partial charge in [-0.3, -0.25) is 0 Å². The van der Waals surface area contributed by atoms with E-state index in [9.17, 15) is 0 Å². The van der Waals surface area contributed by atoms with Gasteiger partial charge in [0.1, 0.15) is 5.82 Å². The molecule has 2 aromatic rings. The number of nitrogens with two attached hydrogens (primary N) is 1. The maximum atomic E-state index is 5.96. The van der Waals surface area contributed by atoms with Crippen LogP contribution in [0.5, 0.6) is 0 Å². The van der Waals surface area contributed by atoms with Crippen LogP contribution in [0.1, 0.15) is 25.7 Å². The smallest absolute Gasteiger partial charge is 0.225 e. The fourth-order valence-corrected chi connectivity index (χ4v) is 2.91. The number of nitrogens with zero attached hydrogens (tertiary/aromatic N) is 3. The van der Waals surface area contributed by atoms with Crippen molar-refractivity contribution in [2.24, 2.45) is 5.73 Å². The van der Waals surface area contributed by atoms with Crippen LogP contribution in [-0.4, -0.2) is 36.1 Å². The molecule has 0 amide bonds. The average molecular weight is 358 g/mol. The molecule has 0 atom stereocenters. The molecule has 7 heteroatoms. The maximum absolute atomic E-state index is 5.96. The Morgan fingerprint density at radius 3 is 2.35 bits per heavy atom. The molecule has 1 heterocycles. The van der Waals surface area contributed by atoms with Crippen LogP contribution in [0.15, 0.2) is 24.3 Å². The molecule has 1 aromatic heterocycles. The summed E-state index contributed by atoms with van der Waals surface area (Å²) < 4.78 is 0. The number of rotatable bonds is 3. The molecule has 1 aliphatic rings. The van der Waals surface area contributed by atoms with E-state index >= 15 is 0 Å². The van der Waals surface area contributed by atoms with Crippen LogP contribution in [0.3, 0.4) is 0 Å². The second kappa shape index (κ2) is 8.52. The van der Waals surface area contributed by atoms with Gasteiger partial charge in [0.15, 0.2) is 0 Å². The van der Waals surface area contributed by atoms with Gasteiger partial charge in [0.2, 0.25) is 5.95 Å². The number of hydrogen-bond donors (Lipinski definition) is 2. The molecule has 128 valence electrons.